The highest BCUT2D eigenvalue weighted by Gasteiger charge is 2.24. The summed E-state index contributed by atoms with van der Waals surface area (Å²) in [6.45, 7) is 5.62. The van der Waals surface area contributed by atoms with Gasteiger partial charge in [-0.05, 0) is 45.4 Å². The molecule has 2 aromatic heterocycles. The normalized spacial score (nSPS) is 14.7. The Morgan fingerprint density at radius 1 is 1.19 bits per heavy atom. The highest BCUT2D eigenvalue weighted by molar-refractivity contribution is 5.69. The number of fused-ring (bicyclic) bond motifs is 1. The van der Waals surface area contributed by atoms with E-state index >= 15 is 0 Å². The quantitative estimate of drug-likeness (QED) is 0.718. The fourth-order valence-electron chi connectivity index (χ4n) is 3.13. The lowest BCUT2D eigenvalue weighted by Crippen LogP contribution is -2.39. The van der Waals surface area contributed by atoms with E-state index in [1.54, 1.807) is 32.5 Å². The van der Waals surface area contributed by atoms with Gasteiger partial charge in [-0.3, -0.25) is 13.9 Å². The fraction of sp³-hybridized carbons (Fsp3) is 0.722. The van der Waals surface area contributed by atoms with Crippen LogP contribution in [0.25, 0.3) is 11.2 Å². The topological polar surface area (TPSA) is 102 Å². The first kappa shape index (κ1) is 20.4. The molecule has 1 unspecified atom stereocenters. The van der Waals surface area contributed by atoms with E-state index in [-0.39, 0.29) is 11.2 Å². The third-order valence-corrected chi connectivity index (χ3v) is 5.03. The van der Waals surface area contributed by atoms with Gasteiger partial charge in [0, 0.05) is 20.6 Å². The first-order valence-electron chi connectivity index (χ1n) is 9.05. The zero-order valence-corrected chi connectivity index (χ0v) is 16.3. The number of aromatic nitrogens is 4. The second-order valence-corrected chi connectivity index (χ2v) is 7.82. The molecule has 0 spiro atoms. The van der Waals surface area contributed by atoms with E-state index < -0.39 is 11.7 Å². The van der Waals surface area contributed by atoms with Crippen molar-refractivity contribution in [3.8, 4) is 0 Å². The van der Waals surface area contributed by atoms with Crippen LogP contribution in [-0.2, 0) is 20.6 Å². The minimum atomic E-state index is -1.10. The van der Waals surface area contributed by atoms with E-state index in [4.69, 9.17) is 0 Å². The molecule has 146 valence electrons. The molecule has 0 fully saturated rings. The minimum absolute atomic E-state index is 0.312. The molecule has 0 radical (unpaired) electrons. The number of aliphatic hydroxyl groups excluding tert-OH is 1. The van der Waals surface area contributed by atoms with Crippen molar-refractivity contribution in [1.82, 2.24) is 18.7 Å². The predicted molar refractivity (Wildman–Crippen MR) is 100 cm³/mol. The number of imidazole rings is 1. The number of hydrogen-bond donors (Lipinski definition) is 2. The Bertz CT molecular complexity index is 872. The molecule has 0 aromatic carbocycles. The van der Waals surface area contributed by atoms with Crippen molar-refractivity contribution >= 4 is 11.2 Å². The lowest BCUT2D eigenvalue weighted by Gasteiger charge is -2.25. The Morgan fingerprint density at radius 2 is 1.85 bits per heavy atom. The Labute approximate surface area is 152 Å². The van der Waals surface area contributed by atoms with Gasteiger partial charge in [0.15, 0.2) is 11.2 Å². The van der Waals surface area contributed by atoms with Gasteiger partial charge in [-0.1, -0.05) is 6.92 Å². The van der Waals surface area contributed by atoms with Crippen LogP contribution in [-0.4, -0.2) is 40.6 Å². The Balaban J connectivity index is 2.01. The minimum Gasteiger partial charge on any atom is -0.390 e. The summed E-state index contributed by atoms with van der Waals surface area (Å²) >= 11 is 0. The Kier molecular flexibility index (Phi) is 6.08. The predicted octanol–water partition coefficient (Wildman–Crippen LogP) is 0.762. The summed E-state index contributed by atoms with van der Waals surface area (Å²) in [5.74, 6) is 0.326. The monoisotopic (exact) mass is 366 g/mol. The molecule has 26 heavy (non-hydrogen) atoms. The summed E-state index contributed by atoms with van der Waals surface area (Å²) in [5.41, 5.74) is -0.946. The summed E-state index contributed by atoms with van der Waals surface area (Å²) in [4.78, 5) is 29.2. The first-order chi connectivity index (χ1) is 12.0. The summed E-state index contributed by atoms with van der Waals surface area (Å²) in [6.07, 6.45) is 3.60. The average Bonchev–Trinajstić information content (AvgIpc) is 2.94. The van der Waals surface area contributed by atoms with E-state index in [2.05, 4.69) is 11.9 Å². The van der Waals surface area contributed by atoms with Gasteiger partial charge in [0.25, 0.3) is 5.56 Å². The van der Waals surface area contributed by atoms with Crippen molar-refractivity contribution in [2.75, 3.05) is 0 Å². The molecule has 2 heterocycles. The highest BCUT2D eigenvalue weighted by atomic mass is 16.3. The highest BCUT2D eigenvalue weighted by Crippen LogP contribution is 2.19. The van der Waals surface area contributed by atoms with Crippen LogP contribution >= 0.6 is 0 Å². The number of aryl methyl sites for hydroxylation is 2. The number of rotatable bonds is 8. The summed E-state index contributed by atoms with van der Waals surface area (Å²) < 4.78 is 4.30. The molecule has 0 saturated carbocycles. The van der Waals surface area contributed by atoms with Crippen molar-refractivity contribution in [3.05, 3.63) is 27.2 Å². The van der Waals surface area contributed by atoms with E-state index in [1.807, 2.05) is 0 Å². The molecule has 0 bridgehead atoms. The molecular weight excluding hydrogens is 336 g/mol. The second kappa shape index (κ2) is 7.75. The van der Waals surface area contributed by atoms with Gasteiger partial charge in [-0.15, -0.1) is 0 Å². The number of nitrogens with zero attached hydrogens (tertiary/aromatic N) is 4. The van der Waals surface area contributed by atoms with E-state index in [9.17, 15) is 19.8 Å². The van der Waals surface area contributed by atoms with Crippen LogP contribution in [0.4, 0.5) is 0 Å². The van der Waals surface area contributed by atoms with E-state index in [0.29, 0.717) is 36.5 Å². The zero-order valence-electron chi connectivity index (χ0n) is 16.3. The maximum atomic E-state index is 12.6. The molecule has 0 saturated heterocycles. The zero-order chi connectivity index (χ0) is 19.6. The smallest absolute Gasteiger partial charge is 0.332 e. The van der Waals surface area contributed by atoms with E-state index in [1.165, 1.54) is 15.5 Å². The fourth-order valence-corrected chi connectivity index (χ4v) is 3.13. The molecule has 0 aliphatic rings. The van der Waals surface area contributed by atoms with Crippen molar-refractivity contribution in [2.45, 2.75) is 64.7 Å². The molecule has 2 N–H and O–H groups in total. The lowest BCUT2D eigenvalue weighted by atomic mass is 9.92. The molecule has 8 heteroatoms. The maximum absolute atomic E-state index is 12.6. The van der Waals surface area contributed by atoms with Crippen LogP contribution in [0.15, 0.2) is 15.9 Å². The molecule has 2 rings (SSSR count). The third kappa shape index (κ3) is 4.24. The molecule has 0 aliphatic heterocycles. The molecule has 8 nitrogen and oxygen atoms in total. The van der Waals surface area contributed by atoms with Crippen molar-refractivity contribution in [2.24, 2.45) is 20.0 Å². The third-order valence-electron chi connectivity index (χ3n) is 5.03. The van der Waals surface area contributed by atoms with Gasteiger partial charge < -0.3 is 14.8 Å². The van der Waals surface area contributed by atoms with Crippen LogP contribution in [0.2, 0.25) is 0 Å². The summed E-state index contributed by atoms with van der Waals surface area (Å²) in [7, 11) is 3.36. The SMILES string of the molecule is C[C@@H](CCCn1c(=O)c2c(ncn2C)n(C)c1=O)CCC(O)C(C)(C)O. The van der Waals surface area contributed by atoms with Gasteiger partial charge in [-0.25, -0.2) is 9.78 Å². The largest absolute Gasteiger partial charge is 0.390 e. The molecule has 2 atom stereocenters. The molecule has 0 aliphatic carbocycles. The van der Waals surface area contributed by atoms with Gasteiger partial charge >= 0.3 is 5.69 Å². The molecule has 0 amide bonds. The average molecular weight is 366 g/mol. The molecule has 2 aromatic rings. The van der Waals surface area contributed by atoms with Crippen LogP contribution in [0.1, 0.15) is 46.5 Å². The summed E-state index contributed by atoms with van der Waals surface area (Å²) in [6, 6.07) is 0. The van der Waals surface area contributed by atoms with Crippen LogP contribution < -0.4 is 11.2 Å². The van der Waals surface area contributed by atoms with Crippen LogP contribution in [0.3, 0.4) is 0 Å². The maximum Gasteiger partial charge on any atom is 0.332 e. The van der Waals surface area contributed by atoms with E-state index in [0.717, 1.165) is 12.8 Å². The van der Waals surface area contributed by atoms with Crippen LogP contribution in [0, 0.1) is 5.92 Å². The second-order valence-electron chi connectivity index (χ2n) is 7.82. The van der Waals surface area contributed by atoms with Gasteiger partial charge in [0.05, 0.1) is 18.0 Å². The number of aliphatic hydroxyl groups is 2. The van der Waals surface area contributed by atoms with Gasteiger partial charge in [0.1, 0.15) is 0 Å². The Morgan fingerprint density at radius 3 is 2.46 bits per heavy atom. The van der Waals surface area contributed by atoms with Crippen molar-refractivity contribution < 1.29 is 10.2 Å². The standard InChI is InChI=1S/C18H30N4O4/c1-12(8-9-13(23)18(2,3)26)7-6-10-22-16(24)14-15(19-11-20(14)4)21(5)17(22)25/h11-13,23,26H,6-10H2,1-5H3/t12-,13?/m0/s1. The number of hydrogen-bond acceptors (Lipinski definition) is 5. The first-order valence-corrected chi connectivity index (χ1v) is 9.05. The van der Waals surface area contributed by atoms with Crippen molar-refractivity contribution in [3.63, 3.8) is 0 Å². The lowest BCUT2D eigenvalue weighted by molar-refractivity contribution is -0.0535. The molecular formula is C18H30N4O4. The van der Waals surface area contributed by atoms with Crippen LogP contribution in [0.5, 0.6) is 0 Å². The Hall–Kier alpha value is -1.93. The van der Waals surface area contributed by atoms with Gasteiger partial charge in [-0.2, -0.15) is 0 Å². The summed E-state index contributed by atoms with van der Waals surface area (Å²) in [5, 5.41) is 19.7. The van der Waals surface area contributed by atoms with Gasteiger partial charge in [0.2, 0.25) is 0 Å². The van der Waals surface area contributed by atoms with Crippen molar-refractivity contribution in [1.29, 1.82) is 0 Å².